The second-order valence-electron chi connectivity index (χ2n) is 7.02. The summed E-state index contributed by atoms with van der Waals surface area (Å²) in [5, 5.41) is 2.47. The molecule has 0 saturated heterocycles. The summed E-state index contributed by atoms with van der Waals surface area (Å²) in [6.07, 6.45) is -4.28. The average molecular weight is 491 g/mol. The standard InChI is InChI=1S/C22H22F5NO6/c1-4-33-22(31)20-16(9-34-10(2)29)28-15(8-23)19(21(30)32-3)18(20)13-5-11(24)6-14(25)12(13)7-17(26)27/h5-6,17-18,28H,4,7-9H2,1-3H3. The van der Waals surface area contributed by atoms with Crippen molar-refractivity contribution in [2.75, 3.05) is 27.0 Å². The van der Waals surface area contributed by atoms with E-state index >= 15 is 0 Å². The number of nitrogens with one attached hydrogen (secondary N) is 1. The van der Waals surface area contributed by atoms with Crippen LogP contribution < -0.4 is 5.32 Å². The second-order valence-corrected chi connectivity index (χ2v) is 7.02. The predicted molar refractivity (Wildman–Crippen MR) is 107 cm³/mol. The average Bonchev–Trinajstić information content (AvgIpc) is 2.77. The zero-order chi connectivity index (χ0) is 25.6. The Labute approximate surface area is 191 Å². The molecule has 7 nitrogen and oxygen atoms in total. The molecule has 0 aliphatic carbocycles. The molecular weight excluding hydrogens is 469 g/mol. The molecule has 1 aromatic carbocycles. The number of dihydropyridines is 1. The maximum atomic E-state index is 14.6. The minimum Gasteiger partial charge on any atom is -0.466 e. The van der Waals surface area contributed by atoms with Crippen LogP contribution in [0.15, 0.2) is 34.7 Å². The third-order valence-corrected chi connectivity index (χ3v) is 4.85. The SMILES string of the molecule is CCOC(=O)C1=C(COC(C)=O)NC(CF)=C(C(=O)OC)C1c1cc(F)cc(F)c1CC(F)F. The van der Waals surface area contributed by atoms with Gasteiger partial charge in [-0.15, -0.1) is 0 Å². The molecule has 1 atom stereocenters. The fourth-order valence-electron chi connectivity index (χ4n) is 3.57. The molecule has 0 spiro atoms. The van der Waals surface area contributed by atoms with Crippen molar-refractivity contribution in [3.63, 3.8) is 0 Å². The summed E-state index contributed by atoms with van der Waals surface area (Å²) in [6, 6.07) is 1.03. The third kappa shape index (κ3) is 5.91. The smallest absolute Gasteiger partial charge is 0.336 e. The molecule has 0 amide bonds. The highest BCUT2D eigenvalue weighted by Crippen LogP contribution is 2.42. The Morgan fingerprint density at radius 3 is 2.24 bits per heavy atom. The van der Waals surface area contributed by atoms with Crippen LogP contribution in [0.1, 0.15) is 30.9 Å². The molecule has 0 bridgehead atoms. The molecule has 0 fully saturated rings. The molecule has 1 unspecified atom stereocenters. The molecule has 0 aromatic heterocycles. The zero-order valence-electron chi connectivity index (χ0n) is 18.5. The van der Waals surface area contributed by atoms with E-state index in [4.69, 9.17) is 9.47 Å². The lowest BCUT2D eigenvalue weighted by atomic mass is 9.77. The summed E-state index contributed by atoms with van der Waals surface area (Å²) in [5.41, 5.74) is -3.03. The molecule has 0 saturated carbocycles. The van der Waals surface area contributed by atoms with Gasteiger partial charge in [0.2, 0.25) is 6.43 Å². The van der Waals surface area contributed by atoms with Gasteiger partial charge in [0.15, 0.2) is 0 Å². The van der Waals surface area contributed by atoms with Gasteiger partial charge in [-0.25, -0.2) is 31.5 Å². The minimum atomic E-state index is -3.08. The number of benzene rings is 1. The molecular formula is C22H22F5NO6. The summed E-state index contributed by atoms with van der Waals surface area (Å²) in [4.78, 5) is 36.9. The number of alkyl halides is 3. The highest BCUT2D eigenvalue weighted by atomic mass is 19.3. The third-order valence-electron chi connectivity index (χ3n) is 4.85. The number of ether oxygens (including phenoxy) is 3. The fraction of sp³-hybridized carbons (Fsp3) is 0.409. The van der Waals surface area contributed by atoms with Gasteiger partial charge in [0.25, 0.3) is 0 Å². The van der Waals surface area contributed by atoms with Crippen LogP contribution in [0, 0.1) is 11.6 Å². The fourth-order valence-corrected chi connectivity index (χ4v) is 3.57. The Hall–Kier alpha value is -3.44. The van der Waals surface area contributed by atoms with E-state index in [0.29, 0.717) is 12.1 Å². The number of allylic oxidation sites excluding steroid dienone is 1. The minimum absolute atomic E-state index is 0.176. The van der Waals surface area contributed by atoms with Gasteiger partial charge in [0.1, 0.15) is 24.9 Å². The first-order chi connectivity index (χ1) is 16.0. The van der Waals surface area contributed by atoms with Crippen molar-refractivity contribution in [3.05, 3.63) is 57.4 Å². The zero-order valence-corrected chi connectivity index (χ0v) is 18.5. The molecule has 1 heterocycles. The Morgan fingerprint density at radius 2 is 1.71 bits per heavy atom. The van der Waals surface area contributed by atoms with Crippen LogP contribution in [0.25, 0.3) is 0 Å². The number of hydrogen-bond acceptors (Lipinski definition) is 7. The van der Waals surface area contributed by atoms with Crippen LogP contribution in [0.2, 0.25) is 0 Å². The number of hydrogen-bond donors (Lipinski definition) is 1. The molecule has 2 rings (SSSR count). The topological polar surface area (TPSA) is 90.9 Å². The van der Waals surface area contributed by atoms with Crippen molar-refractivity contribution in [3.8, 4) is 0 Å². The number of rotatable bonds is 9. The van der Waals surface area contributed by atoms with E-state index in [1.165, 1.54) is 6.92 Å². The first-order valence-electron chi connectivity index (χ1n) is 9.99. The summed E-state index contributed by atoms with van der Waals surface area (Å²) in [6.45, 7) is 0.343. The molecule has 1 N–H and O–H groups in total. The Balaban J connectivity index is 2.95. The van der Waals surface area contributed by atoms with E-state index in [2.05, 4.69) is 10.1 Å². The number of halogens is 5. The number of carbonyl (C=O) groups excluding carboxylic acids is 3. The molecule has 1 aromatic rings. The number of esters is 3. The molecule has 12 heteroatoms. The summed E-state index contributed by atoms with van der Waals surface area (Å²) >= 11 is 0. The van der Waals surface area contributed by atoms with Crippen molar-refractivity contribution in [2.24, 2.45) is 0 Å². The summed E-state index contributed by atoms with van der Waals surface area (Å²) in [5.74, 6) is -7.42. The van der Waals surface area contributed by atoms with E-state index in [-0.39, 0.29) is 12.3 Å². The van der Waals surface area contributed by atoms with Gasteiger partial charge in [0.05, 0.1) is 42.2 Å². The van der Waals surface area contributed by atoms with Crippen molar-refractivity contribution >= 4 is 17.9 Å². The van der Waals surface area contributed by atoms with Crippen molar-refractivity contribution in [1.82, 2.24) is 5.32 Å². The van der Waals surface area contributed by atoms with Crippen molar-refractivity contribution < 1.29 is 50.5 Å². The van der Waals surface area contributed by atoms with Crippen LogP contribution in [-0.4, -0.2) is 51.3 Å². The lowest BCUT2D eigenvalue weighted by Crippen LogP contribution is -2.36. The van der Waals surface area contributed by atoms with E-state index in [1.807, 2.05) is 0 Å². The van der Waals surface area contributed by atoms with E-state index in [9.17, 15) is 36.3 Å². The van der Waals surface area contributed by atoms with Crippen LogP contribution in [0.3, 0.4) is 0 Å². The van der Waals surface area contributed by atoms with E-state index < -0.39 is 89.6 Å². The van der Waals surface area contributed by atoms with Gasteiger partial charge in [-0.05, 0) is 24.1 Å². The summed E-state index contributed by atoms with van der Waals surface area (Å²) < 4.78 is 84.0. The van der Waals surface area contributed by atoms with Gasteiger partial charge in [-0.3, -0.25) is 4.79 Å². The molecule has 186 valence electrons. The van der Waals surface area contributed by atoms with E-state index in [1.54, 1.807) is 0 Å². The Morgan fingerprint density at radius 1 is 1.06 bits per heavy atom. The highest BCUT2D eigenvalue weighted by Gasteiger charge is 2.42. The second kappa shape index (κ2) is 11.6. The van der Waals surface area contributed by atoms with Crippen molar-refractivity contribution in [2.45, 2.75) is 32.6 Å². The monoisotopic (exact) mass is 491 g/mol. The highest BCUT2D eigenvalue weighted by molar-refractivity contribution is 6.00. The van der Waals surface area contributed by atoms with E-state index in [0.717, 1.165) is 14.0 Å². The Kier molecular flexibility index (Phi) is 9.16. The maximum Gasteiger partial charge on any atom is 0.336 e. The Bertz CT molecular complexity index is 1040. The first kappa shape index (κ1) is 26.8. The van der Waals surface area contributed by atoms with Gasteiger partial charge in [-0.1, -0.05) is 0 Å². The summed E-state index contributed by atoms with van der Waals surface area (Å²) in [7, 11) is 0.941. The normalized spacial score (nSPS) is 15.9. The lowest BCUT2D eigenvalue weighted by molar-refractivity contribution is -0.142. The molecule has 1 aliphatic rings. The van der Waals surface area contributed by atoms with Crippen LogP contribution in [-0.2, 0) is 35.0 Å². The predicted octanol–water partition coefficient (Wildman–Crippen LogP) is 3.24. The van der Waals surface area contributed by atoms with Gasteiger partial charge >= 0.3 is 17.9 Å². The molecule has 34 heavy (non-hydrogen) atoms. The quantitative estimate of drug-likeness (QED) is 0.322. The largest absolute Gasteiger partial charge is 0.466 e. The lowest BCUT2D eigenvalue weighted by Gasteiger charge is -2.32. The van der Waals surface area contributed by atoms with Gasteiger partial charge in [-0.2, -0.15) is 0 Å². The van der Waals surface area contributed by atoms with Crippen molar-refractivity contribution in [1.29, 1.82) is 0 Å². The van der Waals surface area contributed by atoms with Gasteiger partial charge in [0, 0.05) is 19.4 Å². The molecule has 1 aliphatic heterocycles. The number of methoxy groups -OCH3 is 1. The number of carbonyl (C=O) groups is 3. The van der Waals surface area contributed by atoms with Crippen LogP contribution in [0.4, 0.5) is 22.0 Å². The molecule has 0 radical (unpaired) electrons. The van der Waals surface area contributed by atoms with Crippen LogP contribution >= 0.6 is 0 Å². The first-order valence-corrected chi connectivity index (χ1v) is 9.99. The van der Waals surface area contributed by atoms with Crippen LogP contribution in [0.5, 0.6) is 0 Å². The van der Waals surface area contributed by atoms with Gasteiger partial charge < -0.3 is 19.5 Å². The maximum absolute atomic E-state index is 14.6.